The van der Waals surface area contributed by atoms with Gasteiger partial charge in [-0.1, -0.05) is 11.2 Å². The van der Waals surface area contributed by atoms with Crippen molar-refractivity contribution in [3.63, 3.8) is 0 Å². The monoisotopic (exact) mass is 567 g/mol. The second-order valence-corrected chi connectivity index (χ2v) is 13.5. The van der Waals surface area contributed by atoms with E-state index in [4.69, 9.17) is 9.51 Å². The van der Waals surface area contributed by atoms with Gasteiger partial charge < -0.3 is 14.0 Å². The van der Waals surface area contributed by atoms with E-state index < -0.39 is 21.7 Å². The molecule has 2 saturated heterocycles. The van der Waals surface area contributed by atoms with Crippen LogP contribution in [0, 0.1) is 25.5 Å². The van der Waals surface area contributed by atoms with Gasteiger partial charge in [0.15, 0.2) is 11.6 Å². The smallest absolute Gasteiger partial charge is 0.217 e. The standard InChI is InChI=1S/C29H31F2N5O3S/c1-17-28(18(2)39-33-17)19-5-10-26-25(14-19)32-29(27-4-3-12-35(27)20-6-9-23(30)24(31)15-20)36(26)21-11-13-34(16-21)40(37,38)22-7-8-22/h5-6,9-10,14-15,21-22,27H,3-4,7-8,11-13,16H2,1-2H3/t21-,27+/m1/s1. The van der Waals surface area contributed by atoms with Crippen molar-refractivity contribution in [2.24, 2.45) is 0 Å². The molecule has 2 aromatic carbocycles. The molecule has 0 bridgehead atoms. The Morgan fingerprint density at radius 2 is 1.80 bits per heavy atom. The Hall–Kier alpha value is -3.31. The molecule has 0 N–H and O–H groups in total. The number of hydrogen-bond acceptors (Lipinski definition) is 6. The summed E-state index contributed by atoms with van der Waals surface area (Å²) >= 11 is 0. The highest BCUT2D eigenvalue weighted by Gasteiger charge is 2.44. The molecule has 40 heavy (non-hydrogen) atoms. The van der Waals surface area contributed by atoms with Gasteiger partial charge in [0, 0.05) is 37.0 Å². The van der Waals surface area contributed by atoms with Gasteiger partial charge in [-0.3, -0.25) is 0 Å². The van der Waals surface area contributed by atoms with Crippen LogP contribution in [0.5, 0.6) is 0 Å². The zero-order chi connectivity index (χ0) is 27.8. The van der Waals surface area contributed by atoms with Gasteiger partial charge >= 0.3 is 0 Å². The van der Waals surface area contributed by atoms with Gasteiger partial charge in [0.25, 0.3) is 0 Å². The molecule has 1 aliphatic carbocycles. The summed E-state index contributed by atoms with van der Waals surface area (Å²) in [4.78, 5) is 7.24. The topological polar surface area (TPSA) is 84.5 Å². The quantitative estimate of drug-likeness (QED) is 0.299. The SMILES string of the molecule is Cc1noc(C)c1-c1ccc2c(c1)nc([C@@H]1CCCN1c1ccc(F)c(F)c1)n2[C@@H]1CCN(S(=O)(=O)C2CC2)C1. The number of aromatic nitrogens is 3. The van der Waals surface area contributed by atoms with Crippen LogP contribution in [0.15, 0.2) is 40.9 Å². The first-order chi connectivity index (χ1) is 19.2. The molecule has 8 nitrogen and oxygen atoms in total. The Balaban J connectivity index is 1.34. The minimum atomic E-state index is -3.29. The van der Waals surface area contributed by atoms with Crippen molar-refractivity contribution < 1.29 is 21.7 Å². The van der Waals surface area contributed by atoms with E-state index in [9.17, 15) is 17.2 Å². The molecule has 1 saturated carbocycles. The van der Waals surface area contributed by atoms with Crippen LogP contribution in [-0.2, 0) is 10.0 Å². The lowest BCUT2D eigenvalue weighted by Crippen LogP contribution is -2.32. The molecular weight excluding hydrogens is 536 g/mol. The minimum Gasteiger partial charge on any atom is -0.361 e. The second kappa shape index (κ2) is 9.37. The summed E-state index contributed by atoms with van der Waals surface area (Å²) in [6.07, 6.45) is 3.84. The molecule has 11 heteroatoms. The number of halogens is 2. The van der Waals surface area contributed by atoms with Crippen molar-refractivity contribution in [3.8, 4) is 11.1 Å². The predicted octanol–water partition coefficient (Wildman–Crippen LogP) is 5.67. The van der Waals surface area contributed by atoms with Crippen LogP contribution in [-0.4, -0.2) is 52.3 Å². The first-order valence-corrected chi connectivity index (χ1v) is 15.4. The van der Waals surface area contributed by atoms with Gasteiger partial charge in [-0.05, 0) is 75.8 Å². The van der Waals surface area contributed by atoms with E-state index in [1.165, 1.54) is 6.07 Å². The van der Waals surface area contributed by atoms with Gasteiger partial charge in [0.05, 0.1) is 34.1 Å². The zero-order valence-electron chi connectivity index (χ0n) is 22.5. The molecule has 2 aromatic heterocycles. The maximum Gasteiger partial charge on any atom is 0.217 e. The highest BCUT2D eigenvalue weighted by Crippen LogP contribution is 2.42. The zero-order valence-corrected chi connectivity index (χ0v) is 23.3. The number of fused-ring (bicyclic) bond motifs is 1. The maximum atomic E-state index is 14.2. The Labute approximate surface area is 231 Å². The van der Waals surface area contributed by atoms with Gasteiger partial charge in [0.2, 0.25) is 10.0 Å². The van der Waals surface area contributed by atoms with Crippen molar-refractivity contribution in [1.29, 1.82) is 0 Å². The third-order valence-electron chi connectivity index (χ3n) is 8.62. The van der Waals surface area contributed by atoms with E-state index in [1.807, 2.05) is 32.0 Å². The number of rotatable bonds is 6. The van der Waals surface area contributed by atoms with Gasteiger partial charge in [-0.15, -0.1) is 0 Å². The number of aryl methyl sites for hydroxylation is 2. The van der Waals surface area contributed by atoms with Crippen molar-refractivity contribution in [2.75, 3.05) is 24.5 Å². The fourth-order valence-electron chi connectivity index (χ4n) is 6.52. The van der Waals surface area contributed by atoms with Crippen LogP contribution < -0.4 is 4.90 Å². The number of sulfonamides is 1. The number of anilines is 1. The van der Waals surface area contributed by atoms with E-state index in [-0.39, 0.29) is 17.3 Å². The summed E-state index contributed by atoms with van der Waals surface area (Å²) in [5.41, 5.74) is 5.03. The summed E-state index contributed by atoms with van der Waals surface area (Å²) in [7, 11) is -3.29. The van der Waals surface area contributed by atoms with Crippen LogP contribution in [0.3, 0.4) is 0 Å². The molecule has 7 rings (SSSR count). The van der Waals surface area contributed by atoms with Crippen molar-refractivity contribution in [1.82, 2.24) is 19.0 Å². The molecule has 210 valence electrons. The maximum absolute atomic E-state index is 14.2. The number of imidazole rings is 1. The molecule has 4 heterocycles. The molecule has 0 spiro atoms. The molecule has 3 aliphatic rings. The molecule has 0 unspecified atom stereocenters. The number of nitrogens with zero attached hydrogens (tertiary/aromatic N) is 5. The lowest BCUT2D eigenvalue weighted by Gasteiger charge is -2.28. The molecule has 2 atom stereocenters. The van der Waals surface area contributed by atoms with Crippen molar-refractivity contribution >= 4 is 26.7 Å². The first-order valence-electron chi connectivity index (χ1n) is 13.9. The van der Waals surface area contributed by atoms with Crippen LogP contribution in [0.4, 0.5) is 14.5 Å². The minimum absolute atomic E-state index is 0.0779. The fraction of sp³-hybridized carbons (Fsp3) is 0.448. The van der Waals surface area contributed by atoms with Crippen molar-refractivity contribution in [3.05, 3.63) is 65.3 Å². The summed E-state index contributed by atoms with van der Waals surface area (Å²) in [5.74, 6) is -0.198. The third-order valence-corrected chi connectivity index (χ3v) is 11.0. The number of hydrogen-bond donors (Lipinski definition) is 0. The highest BCUT2D eigenvalue weighted by atomic mass is 32.2. The third kappa shape index (κ3) is 4.13. The van der Waals surface area contributed by atoms with E-state index in [1.54, 1.807) is 10.4 Å². The van der Waals surface area contributed by atoms with Crippen LogP contribution in [0.1, 0.15) is 61.5 Å². The molecule has 3 fully saturated rings. The predicted molar refractivity (Wildman–Crippen MR) is 148 cm³/mol. The Kier molecular flexibility index (Phi) is 6.01. The second-order valence-electron chi connectivity index (χ2n) is 11.2. The average Bonchev–Trinajstić information content (AvgIpc) is 3.25. The molecule has 2 aliphatic heterocycles. The van der Waals surface area contributed by atoms with E-state index >= 15 is 0 Å². The van der Waals surface area contributed by atoms with Crippen LogP contribution >= 0.6 is 0 Å². The summed E-state index contributed by atoms with van der Waals surface area (Å²) in [5, 5.41) is 3.85. The molecule has 4 aromatic rings. The van der Waals surface area contributed by atoms with Gasteiger partial charge in [0.1, 0.15) is 11.6 Å². The normalized spacial score (nSPS) is 22.1. The summed E-state index contributed by atoms with van der Waals surface area (Å²) in [6, 6.07) is 9.89. The van der Waals surface area contributed by atoms with Gasteiger partial charge in [-0.2, -0.15) is 4.31 Å². The van der Waals surface area contributed by atoms with Crippen LogP contribution in [0.25, 0.3) is 22.2 Å². The highest BCUT2D eigenvalue weighted by molar-refractivity contribution is 7.90. The summed E-state index contributed by atoms with van der Waals surface area (Å²) < 4.78 is 63.3. The Morgan fingerprint density at radius 1 is 0.975 bits per heavy atom. The molecule has 0 amide bonds. The Bertz CT molecular complexity index is 1710. The number of benzene rings is 2. The van der Waals surface area contributed by atoms with Crippen molar-refractivity contribution in [2.45, 2.75) is 63.3 Å². The fourth-order valence-corrected chi connectivity index (χ4v) is 8.42. The van der Waals surface area contributed by atoms with E-state index in [2.05, 4.69) is 14.6 Å². The first kappa shape index (κ1) is 25.6. The average molecular weight is 568 g/mol. The largest absolute Gasteiger partial charge is 0.361 e. The van der Waals surface area contributed by atoms with E-state index in [0.717, 1.165) is 71.2 Å². The summed E-state index contributed by atoms with van der Waals surface area (Å²) in [6.45, 7) is 5.37. The lowest BCUT2D eigenvalue weighted by molar-refractivity contribution is 0.393. The Morgan fingerprint density at radius 3 is 2.52 bits per heavy atom. The van der Waals surface area contributed by atoms with Crippen LogP contribution in [0.2, 0.25) is 0 Å². The lowest BCUT2D eigenvalue weighted by atomic mass is 10.0. The molecule has 0 radical (unpaired) electrons. The molecular formula is C29H31F2N5O3S. The van der Waals surface area contributed by atoms with E-state index in [0.29, 0.717) is 31.7 Å². The van der Waals surface area contributed by atoms with Gasteiger partial charge in [-0.25, -0.2) is 22.2 Å².